The molecule has 3 atom stereocenters. The molecule has 4 nitrogen and oxygen atoms in total. The fraction of sp³-hybridized carbons (Fsp3) is 0.625. The van der Waals surface area contributed by atoms with E-state index in [4.69, 9.17) is 15.2 Å². The molecule has 1 aromatic carbocycles. The van der Waals surface area contributed by atoms with Crippen LogP contribution < -0.4 is 15.2 Å². The van der Waals surface area contributed by atoms with E-state index in [0.717, 1.165) is 30.6 Å². The number of benzene rings is 1. The van der Waals surface area contributed by atoms with Gasteiger partial charge in [-0.3, -0.25) is 0 Å². The maximum atomic E-state index is 10.2. The van der Waals surface area contributed by atoms with E-state index >= 15 is 0 Å². The van der Waals surface area contributed by atoms with Gasteiger partial charge in [0.15, 0.2) is 11.5 Å². The summed E-state index contributed by atoms with van der Waals surface area (Å²) < 4.78 is 10.6. The molecule has 21 heavy (non-hydrogen) atoms. The number of hydrogen-bond donors (Lipinski definition) is 2. The lowest BCUT2D eigenvalue weighted by Crippen LogP contribution is -2.33. The summed E-state index contributed by atoms with van der Waals surface area (Å²) in [4.78, 5) is 0. The second-order valence-electron chi connectivity index (χ2n) is 5.47. The first-order valence-electron chi connectivity index (χ1n) is 7.31. The minimum Gasteiger partial charge on any atom is -0.493 e. The van der Waals surface area contributed by atoms with Gasteiger partial charge in [-0.25, -0.2) is 0 Å². The molecule has 1 unspecified atom stereocenters. The second kappa shape index (κ2) is 8.47. The minimum absolute atomic E-state index is 0. The van der Waals surface area contributed by atoms with Crippen molar-refractivity contribution < 1.29 is 14.6 Å². The molecule has 1 fully saturated rings. The third-order valence-electron chi connectivity index (χ3n) is 4.39. The molecule has 0 saturated heterocycles. The van der Waals surface area contributed by atoms with E-state index in [1.807, 2.05) is 18.2 Å². The lowest BCUT2D eigenvalue weighted by Gasteiger charge is -2.34. The van der Waals surface area contributed by atoms with E-state index in [0.29, 0.717) is 12.3 Å². The summed E-state index contributed by atoms with van der Waals surface area (Å²) in [5.41, 5.74) is 7.10. The third kappa shape index (κ3) is 4.02. The number of nitrogens with two attached hydrogens (primary N) is 1. The first kappa shape index (κ1) is 18.1. The highest BCUT2D eigenvalue weighted by Crippen LogP contribution is 2.38. The molecule has 1 saturated carbocycles. The Hall–Kier alpha value is -0.970. The molecule has 0 aliphatic heterocycles. The number of halogens is 1. The predicted molar refractivity (Wildman–Crippen MR) is 86.6 cm³/mol. The van der Waals surface area contributed by atoms with Crippen molar-refractivity contribution in [3.05, 3.63) is 23.8 Å². The first-order valence-corrected chi connectivity index (χ1v) is 7.31. The van der Waals surface area contributed by atoms with Crippen LogP contribution in [0, 0.1) is 5.92 Å². The Balaban J connectivity index is 0.00000220. The molecule has 3 N–H and O–H groups in total. The summed E-state index contributed by atoms with van der Waals surface area (Å²) in [6.07, 6.45) is 3.96. The van der Waals surface area contributed by atoms with Gasteiger partial charge in [0, 0.05) is 5.92 Å². The molecule has 1 aliphatic rings. The van der Waals surface area contributed by atoms with Crippen LogP contribution >= 0.6 is 12.4 Å². The minimum atomic E-state index is -0.245. The number of rotatable bonds is 5. The van der Waals surface area contributed by atoms with Gasteiger partial charge < -0.3 is 20.3 Å². The molecule has 2 rings (SSSR count). The summed E-state index contributed by atoms with van der Waals surface area (Å²) in [5, 5.41) is 10.2. The molecule has 1 aliphatic carbocycles. The smallest absolute Gasteiger partial charge is 0.160 e. The zero-order chi connectivity index (χ0) is 14.5. The molecule has 0 radical (unpaired) electrons. The highest BCUT2D eigenvalue weighted by molar-refractivity contribution is 5.85. The van der Waals surface area contributed by atoms with Crippen LogP contribution in [0.4, 0.5) is 0 Å². The van der Waals surface area contributed by atoms with Crippen molar-refractivity contribution in [3.63, 3.8) is 0 Å². The maximum Gasteiger partial charge on any atom is 0.160 e. The molecule has 0 heterocycles. The van der Waals surface area contributed by atoms with E-state index in [9.17, 15) is 5.11 Å². The molecule has 1 aromatic rings. The summed E-state index contributed by atoms with van der Waals surface area (Å²) in [7, 11) is 3.26. The van der Waals surface area contributed by atoms with Crippen LogP contribution in [0.2, 0.25) is 0 Å². The Kier molecular flexibility index (Phi) is 7.29. The average Bonchev–Trinajstić information content (AvgIpc) is 2.49. The van der Waals surface area contributed by atoms with E-state index in [-0.39, 0.29) is 30.3 Å². The molecular weight excluding hydrogens is 290 g/mol. The van der Waals surface area contributed by atoms with E-state index in [1.54, 1.807) is 14.2 Å². The Morgan fingerprint density at radius 2 is 1.86 bits per heavy atom. The topological polar surface area (TPSA) is 64.7 Å². The van der Waals surface area contributed by atoms with Gasteiger partial charge in [-0.2, -0.15) is 0 Å². The largest absolute Gasteiger partial charge is 0.493 e. The van der Waals surface area contributed by atoms with Crippen LogP contribution in [0.25, 0.3) is 0 Å². The average molecular weight is 316 g/mol. The van der Waals surface area contributed by atoms with Crippen LogP contribution in [0.3, 0.4) is 0 Å². The third-order valence-corrected chi connectivity index (χ3v) is 4.39. The Bertz CT molecular complexity index is 442. The maximum absolute atomic E-state index is 10.2. The number of aliphatic hydroxyl groups is 1. The SMILES string of the molecule is COc1ccc(C(CN)[C@@H]2CCCC[C@@H]2O)cc1OC.Cl. The van der Waals surface area contributed by atoms with Gasteiger partial charge in [0.1, 0.15) is 0 Å². The van der Waals surface area contributed by atoms with Gasteiger partial charge in [-0.1, -0.05) is 18.9 Å². The van der Waals surface area contributed by atoms with Gasteiger partial charge in [-0.05, 0) is 43.0 Å². The fourth-order valence-electron chi connectivity index (χ4n) is 3.25. The van der Waals surface area contributed by atoms with Crippen LogP contribution in [-0.2, 0) is 0 Å². The van der Waals surface area contributed by atoms with E-state index < -0.39 is 0 Å². The van der Waals surface area contributed by atoms with Crippen molar-refractivity contribution in [1.29, 1.82) is 0 Å². The highest BCUT2D eigenvalue weighted by atomic mass is 35.5. The Morgan fingerprint density at radius 1 is 1.19 bits per heavy atom. The zero-order valence-corrected chi connectivity index (χ0v) is 13.6. The monoisotopic (exact) mass is 315 g/mol. The summed E-state index contributed by atoms with van der Waals surface area (Å²) >= 11 is 0. The van der Waals surface area contributed by atoms with Crippen molar-refractivity contribution in [2.24, 2.45) is 11.7 Å². The summed E-state index contributed by atoms with van der Waals surface area (Å²) in [6.45, 7) is 0.539. The van der Waals surface area contributed by atoms with Crippen molar-refractivity contribution in [3.8, 4) is 11.5 Å². The molecule has 0 amide bonds. The van der Waals surface area contributed by atoms with Gasteiger partial charge in [0.25, 0.3) is 0 Å². The van der Waals surface area contributed by atoms with E-state index in [1.165, 1.54) is 6.42 Å². The van der Waals surface area contributed by atoms with Crippen LogP contribution in [0.1, 0.15) is 37.2 Å². The molecule has 0 aromatic heterocycles. The Morgan fingerprint density at radius 3 is 2.43 bits per heavy atom. The second-order valence-corrected chi connectivity index (χ2v) is 5.47. The van der Waals surface area contributed by atoms with Crippen molar-refractivity contribution in [2.75, 3.05) is 20.8 Å². The lowest BCUT2D eigenvalue weighted by atomic mass is 9.75. The van der Waals surface area contributed by atoms with Crippen LogP contribution in [0.15, 0.2) is 18.2 Å². The summed E-state index contributed by atoms with van der Waals surface area (Å²) in [5.74, 6) is 1.85. The number of hydrogen-bond acceptors (Lipinski definition) is 4. The summed E-state index contributed by atoms with van der Waals surface area (Å²) in [6, 6.07) is 5.92. The molecule has 5 heteroatoms. The number of methoxy groups -OCH3 is 2. The number of aliphatic hydroxyl groups excluding tert-OH is 1. The van der Waals surface area contributed by atoms with Gasteiger partial charge in [0.2, 0.25) is 0 Å². The van der Waals surface area contributed by atoms with Crippen LogP contribution in [0.5, 0.6) is 11.5 Å². The van der Waals surface area contributed by atoms with Crippen molar-refractivity contribution in [2.45, 2.75) is 37.7 Å². The van der Waals surface area contributed by atoms with Gasteiger partial charge in [-0.15, -0.1) is 12.4 Å². The lowest BCUT2D eigenvalue weighted by molar-refractivity contribution is 0.0560. The number of ether oxygens (including phenoxy) is 2. The van der Waals surface area contributed by atoms with E-state index in [2.05, 4.69) is 0 Å². The van der Waals surface area contributed by atoms with Crippen molar-refractivity contribution in [1.82, 2.24) is 0 Å². The fourth-order valence-corrected chi connectivity index (χ4v) is 3.25. The molecule has 0 spiro atoms. The molecular formula is C16H26ClNO3. The highest BCUT2D eigenvalue weighted by Gasteiger charge is 2.31. The normalized spacial score (nSPS) is 23.0. The van der Waals surface area contributed by atoms with Gasteiger partial charge >= 0.3 is 0 Å². The Labute approximate surface area is 133 Å². The quantitative estimate of drug-likeness (QED) is 0.877. The molecule has 0 bridgehead atoms. The first-order chi connectivity index (χ1) is 9.71. The predicted octanol–water partition coefficient (Wildman–Crippen LogP) is 2.72. The molecule has 120 valence electrons. The standard InChI is InChI=1S/C16H25NO3.ClH/c1-19-15-8-7-11(9-16(15)20-2)13(10-17)12-5-3-4-6-14(12)18;/h7-9,12-14,18H,3-6,10,17H2,1-2H3;1H/t12-,13?,14-;/m0./s1. The van der Waals surface area contributed by atoms with Crippen molar-refractivity contribution >= 4 is 12.4 Å². The van der Waals surface area contributed by atoms with Crippen LogP contribution in [-0.4, -0.2) is 32.0 Å². The van der Waals surface area contributed by atoms with Gasteiger partial charge in [0.05, 0.1) is 20.3 Å². The zero-order valence-electron chi connectivity index (χ0n) is 12.7.